The number of hydrogen-bond donors (Lipinski definition) is 1. The summed E-state index contributed by atoms with van der Waals surface area (Å²) in [6.45, 7) is 1.28. The third-order valence-corrected chi connectivity index (χ3v) is 4.77. The molecule has 150 valence electrons. The predicted octanol–water partition coefficient (Wildman–Crippen LogP) is 5.08. The first-order chi connectivity index (χ1) is 14.4. The summed E-state index contributed by atoms with van der Waals surface area (Å²) >= 11 is 3.32. The fraction of sp³-hybridized carbons (Fsp3) is 0.0870. The molecule has 0 aliphatic carbocycles. The fourth-order valence-corrected chi connectivity index (χ4v) is 3.39. The van der Waals surface area contributed by atoms with E-state index in [0.717, 1.165) is 10.8 Å². The molecule has 0 saturated carbocycles. The number of nitrogens with one attached hydrogen (secondary N) is 1. The Kier molecular flexibility index (Phi) is 6.50. The molecule has 30 heavy (non-hydrogen) atoms. The Labute approximate surface area is 181 Å². The van der Waals surface area contributed by atoms with Gasteiger partial charge in [-0.05, 0) is 62.6 Å². The molecule has 0 atom stereocenters. The average molecular weight is 465 g/mol. The summed E-state index contributed by atoms with van der Waals surface area (Å²) in [5.41, 5.74) is 1.03. The van der Waals surface area contributed by atoms with Crippen LogP contribution >= 0.6 is 15.9 Å². The van der Waals surface area contributed by atoms with Crippen molar-refractivity contribution in [3.63, 3.8) is 0 Å². The van der Waals surface area contributed by atoms with Gasteiger partial charge in [-0.1, -0.05) is 30.3 Å². The molecule has 1 N–H and O–H groups in total. The van der Waals surface area contributed by atoms with E-state index in [0.29, 0.717) is 15.7 Å². The monoisotopic (exact) mass is 464 g/mol. The number of amides is 1. The molecule has 0 saturated heterocycles. The topological polar surface area (TPSA) is 88.4 Å². The van der Waals surface area contributed by atoms with Crippen molar-refractivity contribution in [1.29, 1.82) is 5.26 Å². The van der Waals surface area contributed by atoms with Crippen molar-refractivity contribution in [3.05, 3.63) is 70.2 Å². The minimum atomic E-state index is -0.535. The quantitative estimate of drug-likeness (QED) is 0.246. The lowest BCUT2D eigenvalue weighted by Crippen LogP contribution is -2.13. The lowest BCUT2D eigenvalue weighted by molar-refractivity contribution is -0.132. The smallest absolute Gasteiger partial charge is 0.308 e. The van der Waals surface area contributed by atoms with E-state index < -0.39 is 11.9 Å². The van der Waals surface area contributed by atoms with Crippen LogP contribution in [0.3, 0.4) is 0 Å². The molecular weight excluding hydrogens is 448 g/mol. The summed E-state index contributed by atoms with van der Waals surface area (Å²) < 4.78 is 10.9. The van der Waals surface area contributed by atoms with Crippen LogP contribution in [0.2, 0.25) is 0 Å². The van der Waals surface area contributed by atoms with Gasteiger partial charge in [0.15, 0.2) is 11.5 Å². The molecule has 0 spiro atoms. The molecule has 1 amide bonds. The van der Waals surface area contributed by atoms with Gasteiger partial charge in [-0.3, -0.25) is 9.59 Å². The van der Waals surface area contributed by atoms with Crippen LogP contribution in [0.1, 0.15) is 12.5 Å². The van der Waals surface area contributed by atoms with Crippen molar-refractivity contribution in [3.8, 4) is 17.6 Å². The standard InChI is InChI=1S/C23H17BrN2O4/c1-14(27)30-22-20(24)10-15(11-21(22)29-2)9-18(13-25)23(28)26-19-8-7-16-5-3-4-6-17(16)12-19/h3-12H,1-2H3,(H,26,28)/b18-9+. The number of nitrogens with zero attached hydrogens (tertiary/aromatic N) is 1. The van der Waals surface area contributed by atoms with Crippen LogP contribution in [0.5, 0.6) is 11.5 Å². The first-order valence-electron chi connectivity index (χ1n) is 8.89. The number of carbonyl (C=O) groups excluding carboxylic acids is 2. The van der Waals surface area contributed by atoms with Gasteiger partial charge in [0.05, 0.1) is 11.6 Å². The summed E-state index contributed by atoms with van der Waals surface area (Å²) in [5, 5.41) is 14.3. The van der Waals surface area contributed by atoms with Crippen molar-refractivity contribution < 1.29 is 19.1 Å². The van der Waals surface area contributed by atoms with Gasteiger partial charge in [-0.25, -0.2) is 0 Å². The van der Waals surface area contributed by atoms with Crippen molar-refractivity contribution >= 4 is 50.3 Å². The second-order valence-corrected chi connectivity index (χ2v) is 7.17. The molecule has 0 aliphatic heterocycles. The number of esters is 1. The number of benzene rings is 3. The first kappa shape index (κ1) is 21.1. The zero-order valence-corrected chi connectivity index (χ0v) is 17.8. The number of methoxy groups -OCH3 is 1. The second kappa shape index (κ2) is 9.25. The number of hydrogen-bond acceptors (Lipinski definition) is 5. The van der Waals surface area contributed by atoms with Gasteiger partial charge in [0, 0.05) is 12.6 Å². The number of halogens is 1. The zero-order valence-electron chi connectivity index (χ0n) is 16.2. The summed E-state index contributed by atoms with van der Waals surface area (Å²) in [4.78, 5) is 23.9. The molecule has 3 rings (SSSR count). The minimum absolute atomic E-state index is 0.0858. The molecule has 0 aromatic heterocycles. The Balaban J connectivity index is 1.88. The Bertz CT molecular complexity index is 1210. The van der Waals surface area contributed by atoms with Gasteiger partial charge in [-0.15, -0.1) is 0 Å². The molecule has 0 aliphatic rings. The van der Waals surface area contributed by atoms with Crippen LogP contribution in [-0.2, 0) is 9.59 Å². The van der Waals surface area contributed by atoms with Gasteiger partial charge in [-0.2, -0.15) is 5.26 Å². The highest BCUT2D eigenvalue weighted by atomic mass is 79.9. The highest BCUT2D eigenvalue weighted by Crippen LogP contribution is 2.37. The van der Waals surface area contributed by atoms with E-state index in [-0.39, 0.29) is 17.1 Å². The maximum atomic E-state index is 12.6. The number of carbonyl (C=O) groups is 2. The molecule has 3 aromatic carbocycles. The van der Waals surface area contributed by atoms with Crippen LogP contribution in [-0.4, -0.2) is 19.0 Å². The fourth-order valence-electron chi connectivity index (χ4n) is 2.85. The lowest BCUT2D eigenvalue weighted by atomic mass is 10.1. The summed E-state index contributed by atoms with van der Waals surface area (Å²) in [6, 6.07) is 18.4. The Morgan fingerprint density at radius 1 is 1.10 bits per heavy atom. The van der Waals surface area contributed by atoms with Crippen LogP contribution in [0, 0.1) is 11.3 Å². The molecule has 0 fully saturated rings. The van der Waals surface area contributed by atoms with Gasteiger partial charge < -0.3 is 14.8 Å². The number of fused-ring (bicyclic) bond motifs is 1. The molecule has 6 nitrogen and oxygen atoms in total. The van der Waals surface area contributed by atoms with E-state index in [1.54, 1.807) is 18.2 Å². The van der Waals surface area contributed by atoms with Gasteiger partial charge in [0.2, 0.25) is 0 Å². The number of anilines is 1. The third-order valence-electron chi connectivity index (χ3n) is 4.18. The predicted molar refractivity (Wildman–Crippen MR) is 118 cm³/mol. The summed E-state index contributed by atoms with van der Waals surface area (Å²) in [5.74, 6) is -0.518. The number of nitriles is 1. The highest BCUT2D eigenvalue weighted by molar-refractivity contribution is 9.10. The third kappa shape index (κ3) is 4.85. The first-order valence-corrected chi connectivity index (χ1v) is 9.68. The average Bonchev–Trinajstić information content (AvgIpc) is 2.73. The van der Waals surface area contributed by atoms with E-state index in [9.17, 15) is 14.9 Å². The summed E-state index contributed by atoms with van der Waals surface area (Å²) in [7, 11) is 1.43. The van der Waals surface area contributed by atoms with Crippen molar-refractivity contribution in [2.24, 2.45) is 0 Å². The number of ether oxygens (including phenoxy) is 2. The highest BCUT2D eigenvalue weighted by Gasteiger charge is 2.15. The molecule has 7 heteroatoms. The SMILES string of the molecule is COc1cc(/C=C(\C#N)C(=O)Nc2ccc3ccccc3c2)cc(Br)c1OC(C)=O. The minimum Gasteiger partial charge on any atom is -0.493 e. The maximum absolute atomic E-state index is 12.6. The zero-order chi connectivity index (χ0) is 21.7. The van der Waals surface area contributed by atoms with Gasteiger partial charge >= 0.3 is 5.97 Å². The molecule has 0 unspecified atom stereocenters. The van der Waals surface area contributed by atoms with E-state index in [4.69, 9.17) is 9.47 Å². The Hall–Kier alpha value is -3.63. The Morgan fingerprint density at radius 2 is 1.83 bits per heavy atom. The molecule has 0 radical (unpaired) electrons. The Morgan fingerprint density at radius 3 is 2.50 bits per heavy atom. The van der Waals surface area contributed by atoms with Crippen LogP contribution in [0.4, 0.5) is 5.69 Å². The van der Waals surface area contributed by atoms with E-state index in [1.807, 2.05) is 42.5 Å². The maximum Gasteiger partial charge on any atom is 0.308 e. The van der Waals surface area contributed by atoms with Crippen molar-refractivity contribution in [2.75, 3.05) is 12.4 Å². The van der Waals surface area contributed by atoms with E-state index >= 15 is 0 Å². The molecular formula is C23H17BrN2O4. The number of rotatable bonds is 5. The van der Waals surface area contributed by atoms with Crippen LogP contribution < -0.4 is 14.8 Å². The van der Waals surface area contributed by atoms with Crippen molar-refractivity contribution in [2.45, 2.75) is 6.92 Å². The van der Waals surface area contributed by atoms with Crippen LogP contribution in [0.15, 0.2) is 64.6 Å². The molecule has 0 bridgehead atoms. The van der Waals surface area contributed by atoms with E-state index in [2.05, 4.69) is 21.2 Å². The van der Waals surface area contributed by atoms with Gasteiger partial charge in [0.25, 0.3) is 5.91 Å². The second-order valence-electron chi connectivity index (χ2n) is 6.31. The normalized spacial score (nSPS) is 10.9. The molecule has 0 heterocycles. The lowest BCUT2D eigenvalue weighted by Gasteiger charge is -2.11. The molecule has 3 aromatic rings. The largest absolute Gasteiger partial charge is 0.493 e. The van der Waals surface area contributed by atoms with Crippen LogP contribution in [0.25, 0.3) is 16.8 Å². The van der Waals surface area contributed by atoms with E-state index in [1.165, 1.54) is 20.1 Å². The summed E-state index contributed by atoms with van der Waals surface area (Å²) in [6.07, 6.45) is 1.43. The van der Waals surface area contributed by atoms with Gasteiger partial charge in [0.1, 0.15) is 11.6 Å². The van der Waals surface area contributed by atoms with Crippen molar-refractivity contribution in [1.82, 2.24) is 0 Å².